The lowest BCUT2D eigenvalue weighted by molar-refractivity contribution is -0.383. The molecule has 0 aromatic heterocycles. The fourth-order valence-corrected chi connectivity index (χ4v) is 1.59. The lowest BCUT2D eigenvalue weighted by Gasteiger charge is -2.10. The molecule has 1 rings (SSSR count). The van der Waals surface area contributed by atoms with Crippen LogP contribution in [0.1, 0.15) is 6.42 Å². The molecule has 1 aromatic carbocycles. The largest absolute Gasteiger partial charge is 0.379 e. The Morgan fingerprint density at radius 1 is 1.47 bits per heavy atom. The molecule has 1 N–H and O–H groups in total. The number of nitrogens with one attached hydrogen (secondary N) is 1. The molecule has 94 valence electrons. The second kappa shape index (κ2) is 6.42. The number of rotatable bonds is 6. The number of nitro groups is 1. The summed E-state index contributed by atoms with van der Waals surface area (Å²) in [5, 5.41) is 14.2. The monoisotopic (exact) mass is 257 g/mol. The number of nitro benzene ring substituents is 1. The van der Waals surface area contributed by atoms with E-state index in [1.807, 2.05) is 14.1 Å². The summed E-state index contributed by atoms with van der Waals surface area (Å²) in [6.07, 6.45) is 0.923. The van der Waals surface area contributed by atoms with Gasteiger partial charge in [-0.1, -0.05) is 11.6 Å². The van der Waals surface area contributed by atoms with Crippen molar-refractivity contribution in [1.82, 2.24) is 4.90 Å². The Morgan fingerprint density at radius 3 is 2.76 bits per heavy atom. The number of halogens is 1. The normalized spacial score (nSPS) is 10.6. The van der Waals surface area contributed by atoms with E-state index in [9.17, 15) is 10.1 Å². The van der Waals surface area contributed by atoms with Crippen molar-refractivity contribution in [2.45, 2.75) is 6.42 Å². The Morgan fingerprint density at radius 2 is 2.18 bits per heavy atom. The molecule has 0 radical (unpaired) electrons. The highest BCUT2D eigenvalue weighted by molar-refractivity contribution is 6.30. The molecule has 17 heavy (non-hydrogen) atoms. The fraction of sp³-hybridized carbons (Fsp3) is 0.455. The van der Waals surface area contributed by atoms with Crippen LogP contribution in [0, 0.1) is 10.1 Å². The van der Waals surface area contributed by atoms with E-state index in [2.05, 4.69) is 10.2 Å². The van der Waals surface area contributed by atoms with Gasteiger partial charge in [0.05, 0.1) is 4.92 Å². The van der Waals surface area contributed by atoms with Crippen molar-refractivity contribution in [3.8, 4) is 0 Å². The molecule has 1 aromatic rings. The molecule has 0 aliphatic carbocycles. The maximum absolute atomic E-state index is 10.8. The molecular formula is C11H16ClN3O2. The van der Waals surface area contributed by atoms with Crippen LogP contribution < -0.4 is 5.32 Å². The van der Waals surface area contributed by atoms with Gasteiger partial charge in [0, 0.05) is 17.6 Å². The molecule has 0 aliphatic rings. The van der Waals surface area contributed by atoms with E-state index in [1.165, 1.54) is 6.07 Å². The van der Waals surface area contributed by atoms with E-state index in [-0.39, 0.29) is 5.69 Å². The number of anilines is 1. The molecule has 6 heteroatoms. The molecule has 0 aliphatic heterocycles. The summed E-state index contributed by atoms with van der Waals surface area (Å²) < 4.78 is 0. The van der Waals surface area contributed by atoms with Crippen LogP contribution in [0.15, 0.2) is 18.2 Å². The first-order valence-corrected chi connectivity index (χ1v) is 5.71. The van der Waals surface area contributed by atoms with Crippen LogP contribution in [0.4, 0.5) is 11.4 Å². The van der Waals surface area contributed by atoms with Gasteiger partial charge in [0.15, 0.2) is 0 Å². The molecule has 0 heterocycles. The predicted molar refractivity (Wildman–Crippen MR) is 69.8 cm³/mol. The minimum absolute atomic E-state index is 0.0161. The lowest BCUT2D eigenvalue weighted by Crippen LogP contribution is -2.16. The summed E-state index contributed by atoms with van der Waals surface area (Å²) in [4.78, 5) is 12.5. The third-order valence-electron chi connectivity index (χ3n) is 2.25. The zero-order chi connectivity index (χ0) is 12.8. The molecule has 0 fully saturated rings. The SMILES string of the molecule is CN(C)CCCNc1ccc(Cl)cc1[N+](=O)[O-]. The van der Waals surface area contributed by atoms with Crippen molar-refractivity contribution in [2.75, 3.05) is 32.5 Å². The van der Waals surface area contributed by atoms with Crippen molar-refractivity contribution < 1.29 is 4.92 Å². The second-order valence-corrected chi connectivity index (χ2v) is 4.44. The predicted octanol–water partition coefficient (Wildman–Crippen LogP) is 2.61. The lowest BCUT2D eigenvalue weighted by atomic mass is 10.2. The van der Waals surface area contributed by atoms with Crippen LogP contribution in [-0.4, -0.2) is 37.0 Å². The van der Waals surface area contributed by atoms with Gasteiger partial charge in [-0.25, -0.2) is 0 Å². The highest BCUT2D eigenvalue weighted by Crippen LogP contribution is 2.27. The minimum Gasteiger partial charge on any atom is -0.379 e. The van der Waals surface area contributed by atoms with Gasteiger partial charge in [0.1, 0.15) is 5.69 Å². The van der Waals surface area contributed by atoms with Crippen molar-refractivity contribution >= 4 is 23.0 Å². The zero-order valence-corrected chi connectivity index (χ0v) is 10.7. The number of hydrogen-bond acceptors (Lipinski definition) is 4. The van der Waals surface area contributed by atoms with Gasteiger partial charge in [0.25, 0.3) is 5.69 Å². The molecule has 0 spiro atoms. The van der Waals surface area contributed by atoms with E-state index in [0.29, 0.717) is 17.3 Å². The van der Waals surface area contributed by atoms with Gasteiger partial charge < -0.3 is 10.2 Å². The van der Waals surface area contributed by atoms with Gasteiger partial charge in [-0.15, -0.1) is 0 Å². The smallest absolute Gasteiger partial charge is 0.293 e. The van der Waals surface area contributed by atoms with E-state index in [1.54, 1.807) is 12.1 Å². The van der Waals surface area contributed by atoms with Gasteiger partial charge >= 0.3 is 0 Å². The Kier molecular flexibility index (Phi) is 5.18. The number of nitrogens with zero attached hydrogens (tertiary/aromatic N) is 2. The number of benzene rings is 1. The molecule has 0 atom stereocenters. The van der Waals surface area contributed by atoms with E-state index in [4.69, 9.17) is 11.6 Å². The van der Waals surface area contributed by atoms with Crippen molar-refractivity contribution in [3.05, 3.63) is 33.3 Å². The highest BCUT2D eigenvalue weighted by atomic mass is 35.5. The van der Waals surface area contributed by atoms with Crippen LogP contribution in [-0.2, 0) is 0 Å². The summed E-state index contributed by atoms with van der Waals surface area (Å²) >= 11 is 5.72. The average Bonchev–Trinajstić information content (AvgIpc) is 2.25. The minimum atomic E-state index is -0.430. The highest BCUT2D eigenvalue weighted by Gasteiger charge is 2.13. The Hall–Kier alpha value is -1.33. The molecule has 0 saturated carbocycles. The summed E-state index contributed by atoms with van der Waals surface area (Å²) in [6, 6.07) is 4.63. The summed E-state index contributed by atoms with van der Waals surface area (Å²) in [5.41, 5.74) is 0.528. The van der Waals surface area contributed by atoms with Gasteiger partial charge in [-0.3, -0.25) is 10.1 Å². The first-order chi connectivity index (χ1) is 8.00. The summed E-state index contributed by atoms with van der Waals surface area (Å²) in [6.45, 7) is 1.63. The summed E-state index contributed by atoms with van der Waals surface area (Å²) in [5.74, 6) is 0. The van der Waals surface area contributed by atoms with Gasteiger partial charge in [-0.05, 0) is 39.2 Å². The summed E-state index contributed by atoms with van der Waals surface area (Å²) in [7, 11) is 3.98. The van der Waals surface area contributed by atoms with Crippen LogP contribution in [0.2, 0.25) is 5.02 Å². The van der Waals surface area contributed by atoms with Crippen molar-refractivity contribution in [1.29, 1.82) is 0 Å². The molecule has 0 unspecified atom stereocenters. The van der Waals surface area contributed by atoms with Crippen LogP contribution >= 0.6 is 11.6 Å². The van der Waals surface area contributed by atoms with Crippen LogP contribution in [0.5, 0.6) is 0 Å². The Bertz CT molecular complexity index is 396. The first kappa shape index (κ1) is 13.7. The second-order valence-electron chi connectivity index (χ2n) is 4.00. The molecule has 0 amide bonds. The Balaban J connectivity index is 2.61. The fourth-order valence-electron chi connectivity index (χ4n) is 1.42. The first-order valence-electron chi connectivity index (χ1n) is 5.33. The molecule has 5 nitrogen and oxygen atoms in total. The zero-order valence-electron chi connectivity index (χ0n) is 9.94. The topological polar surface area (TPSA) is 58.4 Å². The van der Waals surface area contributed by atoms with E-state index >= 15 is 0 Å². The van der Waals surface area contributed by atoms with E-state index < -0.39 is 4.92 Å². The maximum atomic E-state index is 10.8. The molecular weight excluding hydrogens is 242 g/mol. The number of hydrogen-bond donors (Lipinski definition) is 1. The average molecular weight is 258 g/mol. The van der Waals surface area contributed by atoms with Crippen LogP contribution in [0.25, 0.3) is 0 Å². The molecule has 0 saturated heterocycles. The van der Waals surface area contributed by atoms with Gasteiger partial charge in [0.2, 0.25) is 0 Å². The van der Waals surface area contributed by atoms with Crippen LogP contribution in [0.3, 0.4) is 0 Å². The van der Waals surface area contributed by atoms with E-state index in [0.717, 1.165) is 13.0 Å². The third kappa shape index (κ3) is 4.58. The Labute approximate surface area is 106 Å². The maximum Gasteiger partial charge on any atom is 0.293 e. The molecule has 0 bridgehead atoms. The van der Waals surface area contributed by atoms with Gasteiger partial charge in [-0.2, -0.15) is 0 Å². The van der Waals surface area contributed by atoms with Crippen molar-refractivity contribution in [3.63, 3.8) is 0 Å². The van der Waals surface area contributed by atoms with Crippen molar-refractivity contribution in [2.24, 2.45) is 0 Å². The standard InChI is InChI=1S/C11H16ClN3O2/c1-14(2)7-3-6-13-10-5-4-9(12)8-11(10)15(16)17/h4-5,8,13H,3,6-7H2,1-2H3. The quantitative estimate of drug-likeness (QED) is 0.484. The third-order valence-corrected chi connectivity index (χ3v) is 2.49.